The van der Waals surface area contributed by atoms with Crippen LogP contribution < -0.4 is 5.32 Å². The van der Waals surface area contributed by atoms with Gasteiger partial charge in [0.15, 0.2) is 0 Å². The van der Waals surface area contributed by atoms with Crippen molar-refractivity contribution in [1.29, 1.82) is 0 Å². The summed E-state index contributed by atoms with van der Waals surface area (Å²) in [5.74, 6) is -0.398. The molecule has 0 atom stereocenters. The van der Waals surface area contributed by atoms with Gasteiger partial charge in [0.25, 0.3) is 5.69 Å². The van der Waals surface area contributed by atoms with Crippen LogP contribution in [-0.2, 0) is 9.53 Å². The van der Waals surface area contributed by atoms with Crippen LogP contribution in [0.5, 0.6) is 0 Å². The van der Waals surface area contributed by atoms with E-state index in [9.17, 15) is 14.9 Å². The smallest absolute Gasteiger partial charge is 0.313 e. The Morgan fingerprint density at radius 3 is 2.68 bits per heavy atom. The maximum absolute atomic E-state index is 11.5. The summed E-state index contributed by atoms with van der Waals surface area (Å²) < 4.78 is 4.67. The van der Waals surface area contributed by atoms with Crippen LogP contribution in [0.25, 0.3) is 0 Å². The standard InChI is InChI=1S/C12H15ClN2O4/c1-12(2,11(16)19-3)7-14-9-6-8(13)4-5-10(9)15(17)18/h4-6,14H,7H2,1-3H3. The van der Waals surface area contributed by atoms with Crippen LogP contribution in [0, 0.1) is 15.5 Å². The minimum Gasteiger partial charge on any atom is -0.469 e. The Morgan fingerprint density at radius 2 is 2.16 bits per heavy atom. The van der Waals surface area contributed by atoms with Crippen LogP contribution >= 0.6 is 11.6 Å². The number of hydrogen-bond donors (Lipinski definition) is 1. The molecule has 0 unspecified atom stereocenters. The van der Waals surface area contributed by atoms with E-state index in [2.05, 4.69) is 10.1 Å². The molecule has 0 aliphatic rings. The van der Waals surface area contributed by atoms with Gasteiger partial charge in [0, 0.05) is 17.6 Å². The highest BCUT2D eigenvalue weighted by Crippen LogP contribution is 2.29. The Labute approximate surface area is 115 Å². The highest BCUT2D eigenvalue weighted by molar-refractivity contribution is 6.31. The highest BCUT2D eigenvalue weighted by atomic mass is 35.5. The number of carbonyl (C=O) groups excluding carboxylic acids is 1. The number of nitro benzene ring substituents is 1. The third kappa shape index (κ3) is 3.82. The number of nitro groups is 1. The second kappa shape index (κ2) is 5.88. The second-order valence-electron chi connectivity index (χ2n) is 4.65. The number of halogens is 1. The lowest BCUT2D eigenvalue weighted by Gasteiger charge is -2.22. The van der Waals surface area contributed by atoms with E-state index in [1.54, 1.807) is 13.8 Å². The zero-order chi connectivity index (χ0) is 14.6. The van der Waals surface area contributed by atoms with Gasteiger partial charge in [0.05, 0.1) is 17.4 Å². The van der Waals surface area contributed by atoms with Gasteiger partial charge in [-0.25, -0.2) is 0 Å². The van der Waals surface area contributed by atoms with Gasteiger partial charge < -0.3 is 10.1 Å². The van der Waals surface area contributed by atoms with E-state index in [0.717, 1.165) is 0 Å². The van der Waals surface area contributed by atoms with E-state index in [-0.39, 0.29) is 17.9 Å². The molecule has 1 rings (SSSR count). The summed E-state index contributed by atoms with van der Waals surface area (Å²) in [6.07, 6.45) is 0. The van der Waals surface area contributed by atoms with Gasteiger partial charge in [-0.2, -0.15) is 0 Å². The lowest BCUT2D eigenvalue weighted by Crippen LogP contribution is -2.33. The Kier molecular flexibility index (Phi) is 4.72. The van der Waals surface area contributed by atoms with Crippen LogP contribution in [0.3, 0.4) is 0 Å². The first kappa shape index (κ1) is 15.2. The number of ether oxygens (including phenoxy) is 1. The molecule has 0 radical (unpaired) electrons. The predicted octanol–water partition coefficient (Wildman–Crippen LogP) is 2.86. The molecule has 0 saturated heterocycles. The van der Waals surface area contributed by atoms with Gasteiger partial charge in [-0.15, -0.1) is 0 Å². The molecular formula is C12H15ClN2O4. The first-order chi connectivity index (χ1) is 8.77. The number of hydrogen-bond acceptors (Lipinski definition) is 5. The highest BCUT2D eigenvalue weighted by Gasteiger charge is 2.29. The van der Waals surface area contributed by atoms with Gasteiger partial charge >= 0.3 is 5.97 Å². The predicted molar refractivity (Wildman–Crippen MR) is 72.4 cm³/mol. The number of nitrogens with one attached hydrogen (secondary N) is 1. The maximum atomic E-state index is 11.5. The van der Waals surface area contributed by atoms with Gasteiger partial charge in [-0.3, -0.25) is 14.9 Å². The molecule has 0 amide bonds. The summed E-state index contributed by atoms with van der Waals surface area (Å²) in [6.45, 7) is 3.56. The average Bonchev–Trinajstić information content (AvgIpc) is 2.35. The molecule has 0 fully saturated rings. The molecule has 0 aromatic heterocycles. The van der Waals surface area contributed by atoms with Crippen LogP contribution in [0.2, 0.25) is 5.02 Å². The molecule has 7 heteroatoms. The molecule has 0 spiro atoms. The number of benzene rings is 1. The Balaban J connectivity index is 2.91. The van der Waals surface area contributed by atoms with E-state index >= 15 is 0 Å². The van der Waals surface area contributed by atoms with Crippen LogP contribution in [-0.4, -0.2) is 24.5 Å². The molecule has 0 saturated carbocycles. The number of methoxy groups -OCH3 is 1. The zero-order valence-electron chi connectivity index (χ0n) is 10.9. The SMILES string of the molecule is COC(=O)C(C)(C)CNc1cc(Cl)ccc1[N+](=O)[O-]. The minimum absolute atomic E-state index is 0.0925. The zero-order valence-corrected chi connectivity index (χ0v) is 11.7. The van der Waals surface area contributed by atoms with E-state index in [4.69, 9.17) is 11.6 Å². The first-order valence-corrected chi connectivity index (χ1v) is 5.92. The number of rotatable bonds is 5. The Morgan fingerprint density at radius 1 is 1.53 bits per heavy atom. The maximum Gasteiger partial charge on any atom is 0.313 e. The monoisotopic (exact) mass is 286 g/mol. The van der Waals surface area contributed by atoms with Gasteiger partial charge in [-0.1, -0.05) is 11.6 Å². The van der Waals surface area contributed by atoms with E-state index in [0.29, 0.717) is 5.02 Å². The molecule has 19 heavy (non-hydrogen) atoms. The lowest BCUT2D eigenvalue weighted by molar-refractivity contribution is -0.384. The molecule has 104 valence electrons. The van der Waals surface area contributed by atoms with Crippen molar-refractivity contribution in [3.8, 4) is 0 Å². The van der Waals surface area contributed by atoms with E-state index in [1.807, 2.05) is 0 Å². The van der Waals surface area contributed by atoms with E-state index in [1.165, 1.54) is 25.3 Å². The number of nitrogens with zero attached hydrogens (tertiary/aromatic N) is 1. The summed E-state index contributed by atoms with van der Waals surface area (Å²) in [5.41, 5.74) is -0.621. The summed E-state index contributed by atoms with van der Waals surface area (Å²) in [5, 5.41) is 14.1. The molecular weight excluding hydrogens is 272 g/mol. The average molecular weight is 287 g/mol. The van der Waals surface area contributed by atoms with E-state index < -0.39 is 16.3 Å². The van der Waals surface area contributed by atoms with Crippen molar-refractivity contribution in [3.63, 3.8) is 0 Å². The van der Waals surface area contributed by atoms with Crippen molar-refractivity contribution in [2.24, 2.45) is 5.41 Å². The normalized spacial score (nSPS) is 10.9. The minimum atomic E-state index is -0.801. The first-order valence-electron chi connectivity index (χ1n) is 5.54. The molecule has 6 nitrogen and oxygen atoms in total. The molecule has 1 aromatic carbocycles. The molecule has 0 bridgehead atoms. The van der Waals surface area contributed by atoms with Gasteiger partial charge in [0.1, 0.15) is 5.69 Å². The second-order valence-corrected chi connectivity index (χ2v) is 5.08. The van der Waals surface area contributed by atoms with Gasteiger partial charge in [0.2, 0.25) is 0 Å². The molecule has 0 aliphatic carbocycles. The quantitative estimate of drug-likeness (QED) is 0.511. The van der Waals surface area contributed by atoms with Crippen LogP contribution in [0.1, 0.15) is 13.8 Å². The Bertz CT molecular complexity index is 503. The summed E-state index contributed by atoms with van der Waals surface area (Å²) in [6, 6.07) is 4.21. The van der Waals surface area contributed by atoms with Crippen LogP contribution in [0.15, 0.2) is 18.2 Å². The van der Waals surface area contributed by atoms with Crippen molar-refractivity contribution >= 4 is 28.9 Å². The fourth-order valence-corrected chi connectivity index (χ4v) is 1.65. The lowest BCUT2D eigenvalue weighted by atomic mass is 9.93. The molecule has 0 aliphatic heterocycles. The van der Waals surface area contributed by atoms with Crippen molar-refractivity contribution in [3.05, 3.63) is 33.3 Å². The van der Waals surface area contributed by atoms with Crippen molar-refractivity contribution < 1.29 is 14.5 Å². The summed E-state index contributed by atoms with van der Waals surface area (Å²) >= 11 is 5.81. The van der Waals surface area contributed by atoms with Gasteiger partial charge in [-0.05, 0) is 26.0 Å². The fraction of sp³-hybridized carbons (Fsp3) is 0.417. The number of anilines is 1. The fourth-order valence-electron chi connectivity index (χ4n) is 1.47. The molecule has 0 heterocycles. The number of esters is 1. The van der Waals surface area contributed by atoms with Crippen molar-refractivity contribution in [2.75, 3.05) is 19.0 Å². The number of carbonyl (C=O) groups is 1. The Hall–Kier alpha value is -1.82. The molecule has 1 aromatic rings. The third-order valence-electron chi connectivity index (χ3n) is 2.61. The molecule has 1 N–H and O–H groups in total. The van der Waals surface area contributed by atoms with Crippen LogP contribution in [0.4, 0.5) is 11.4 Å². The largest absolute Gasteiger partial charge is 0.469 e. The summed E-state index contributed by atoms with van der Waals surface area (Å²) in [7, 11) is 1.30. The van der Waals surface area contributed by atoms with Crippen molar-refractivity contribution in [1.82, 2.24) is 0 Å². The summed E-state index contributed by atoms with van der Waals surface area (Å²) in [4.78, 5) is 21.9. The topological polar surface area (TPSA) is 81.5 Å². The van der Waals surface area contributed by atoms with Crippen molar-refractivity contribution in [2.45, 2.75) is 13.8 Å². The third-order valence-corrected chi connectivity index (χ3v) is 2.85.